The maximum absolute atomic E-state index is 11.7. The summed E-state index contributed by atoms with van der Waals surface area (Å²) in [5, 5.41) is 6.49. The van der Waals surface area contributed by atoms with Crippen molar-refractivity contribution in [2.24, 2.45) is 11.3 Å². The Bertz CT molecular complexity index is 347. The number of nitrogens with one attached hydrogen (secondary N) is 2. The molecule has 4 heteroatoms. The van der Waals surface area contributed by atoms with E-state index in [1.807, 2.05) is 27.7 Å². The molecule has 1 amide bonds. The Morgan fingerprint density at radius 3 is 2.52 bits per heavy atom. The van der Waals surface area contributed by atoms with Gasteiger partial charge in [0.1, 0.15) is 5.60 Å². The average Bonchev–Trinajstić information content (AvgIpc) is 2.23. The second kappa shape index (κ2) is 6.99. The van der Waals surface area contributed by atoms with Crippen LogP contribution in [-0.2, 0) is 4.74 Å². The molecular formula is C17H34N2O2. The molecule has 0 aromatic carbocycles. The molecule has 4 nitrogen and oxygen atoms in total. The molecule has 1 aliphatic rings. The van der Waals surface area contributed by atoms with Gasteiger partial charge in [-0.3, -0.25) is 0 Å². The minimum atomic E-state index is -0.444. The van der Waals surface area contributed by atoms with E-state index < -0.39 is 5.60 Å². The summed E-state index contributed by atoms with van der Waals surface area (Å²) in [5.41, 5.74) is 0.0265. The molecule has 0 aromatic rings. The maximum Gasteiger partial charge on any atom is 0.407 e. The van der Waals surface area contributed by atoms with Gasteiger partial charge >= 0.3 is 6.09 Å². The number of hydrogen-bond donors (Lipinski definition) is 2. The summed E-state index contributed by atoms with van der Waals surface area (Å²) in [4.78, 5) is 11.7. The fourth-order valence-corrected chi connectivity index (χ4v) is 3.14. The first kappa shape index (κ1) is 18.3. The molecule has 3 unspecified atom stereocenters. The van der Waals surface area contributed by atoms with Crippen LogP contribution < -0.4 is 10.6 Å². The molecule has 1 fully saturated rings. The van der Waals surface area contributed by atoms with Crippen molar-refractivity contribution >= 4 is 6.09 Å². The summed E-state index contributed by atoms with van der Waals surface area (Å²) in [6.45, 7) is 15.5. The zero-order valence-corrected chi connectivity index (χ0v) is 14.9. The lowest BCUT2D eigenvalue weighted by atomic mass is 9.70. The van der Waals surface area contributed by atoms with Gasteiger partial charge in [0.25, 0.3) is 0 Å². The van der Waals surface area contributed by atoms with Crippen LogP contribution in [0.2, 0.25) is 0 Å². The van der Waals surface area contributed by atoms with Crippen molar-refractivity contribution in [1.29, 1.82) is 0 Å². The van der Waals surface area contributed by atoms with Crippen LogP contribution >= 0.6 is 0 Å². The topological polar surface area (TPSA) is 50.4 Å². The molecule has 0 heterocycles. The van der Waals surface area contributed by atoms with E-state index in [1.165, 1.54) is 19.3 Å². The lowest BCUT2D eigenvalue weighted by molar-refractivity contribution is 0.0505. The van der Waals surface area contributed by atoms with Gasteiger partial charge in [-0.25, -0.2) is 4.79 Å². The first-order chi connectivity index (χ1) is 9.48. The number of hydrogen-bond acceptors (Lipinski definition) is 3. The molecular weight excluding hydrogens is 264 g/mol. The predicted molar refractivity (Wildman–Crippen MR) is 87.4 cm³/mol. The lowest BCUT2D eigenvalue weighted by Crippen LogP contribution is -2.48. The van der Waals surface area contributed by atoms with Crippen LogP contribution in [0.15, 0.2) is 0 Å². The Labute approximate surface area is 130 Å². The molecule has 0 saturated heterocycles. The average molecular weight is 298 g/mol. The zero-order chi connectivity index (χ0) is 16.3. The van der Waals surface area contributed by atoms with Crippen LogP contribution in [0.5, 0.6) is 0 Å². The normalized spacial score (nSPS) is 27.0. The van der Waals surface area contributed by atoms with Crippen LogP contribution in [0.3, 0.4) is 0 Å². The first-order valence-corrected chi connectivity index (χ1v) is 8.21. The minimum absolute atomic E-state index is 0.0713. The molecule has 0 radical (unpaired) electrons. The Morgan fingerprint density at radius 1 is 1.38 bits per heavy atom. The van der Waals surface area contributed by atoms with Gasteiger partial charge in [-0.15, -0.1) is 0 Å². The number of alkyl carbamates (subject to hydrolysis) is 1. The third kappa shape index (κ3) is 7.16. The van der Waals surface area contributed by atoms with Crippen molar-refractivity contribution in [3.63, 3.8) is 0 Å². The van der Waals surface area contributed by atoms with Crippen molar-refractivity contribution in [3.05, 3.63) is 0 Å². The molecule has 1 saturated carbocycles. The number of amides is 1. The molecule has 0 aliphatic heterocycles. The smallest absolute Gasteiger partial charge is 0.407 e. The highest BCUT2D eigenvalue weighted by atomic mass is 16.6. The van der Waals surface area contributed by atoms with Gasteiger partial charge in [-0.05, 0) is 58.3 Å². The van der Waals surface area contributed by atoms with E-state index in [0.29, 0.717) is 17.4 Å². The van der Waals surface area contributed by atoms with Gasteiger partial charge in [-0.1, -0.05) is 20.8 Å². The van der Waals surface area contributed by atoms with E-state index in [4.69, 9.17) is 4.74 Å². The third-order valence-corrected chi connectivity index (χ3v) is 4.14. The van der Waals surface area contributed by atoms with Crippen molar-refractivity contribution in [3.8, 4) is 0 Å². The van der Waals surface area contributed by atoms with Gasteiger partial charge in [0, 0.05) is 18.6 Å². The van der Waals surface area contributed by atoms with Crippen LogP contribution in [0.1, 0.15) is 67.7 Å². The van der Waals surface area contributed by atoms with E-state index in [-0.39, 0.29) is 12.1 Å². The van der Waals surface area contributed by atoms with E-state index in [9.17, 15) is 4.79 Å². The molecule has 21 heavy (non-hydrogen) atoms. The van der Waals surface area contributed by atoms with E-state index in [1.54, 1.807) is 0 Å². The molecule has 3 atom stereocenters. The molecule has 124 valence electrons. The van der Waals surface area contributed by atoms with Crippen molar-refractivity contribution in [2.75, 3.05) is 6.54 Å². The van der Waals surface area contributed by atoms with Crippen molar-refractivity contribution in [1.82, 2.24) is 10.6 Å². The Balaban J connectivity index is 2.30. The molecule has 1 aliphatic carbocycles. The maximum atomic E-state index is 11.7. The first-order valence-electron chi connectivity index (χ1n) is 8.21. The number of ether oxygens (including phenoxy) is 1. The van der Waals surface area contributed by atoms with Gasteiger partial charge in [0.2, 0.25) is 0 Å². The fraction of sp³-hybridized carbons (Fsp3) is 0.941. The third-order valence-electron chi connectivity index (χ3n) is 4.14. The zero-order valence-electron chi connectivity index (χ0n) is 14.9. The number of carbonyl (C=O) groups excluding carboxylic acids is 1. The molecule has 1 rings (SSSR count). The summed E-state index contributed by atoms with van der Waals surface area (Å²) in [7, 11) is 0. The van der Waals surface area contributed by atoms with Crippen LogP contribution in [-0.4, -0.2) is 30.3 Å². The standard InChI is InChI=1S/C17H34N2O2/c1-12-10-17(6,7)9-8-14(12)18-11-13(2)19-15(20)21-16(3,4)5/h12-14,18H,8-11H2,1-7H3,(H,19,20). The molecule has 2 N–H and O–H groups in total. The highest BCUT2D eigenvalue weighted by Gasteiger charge is 2.32. The minimum Gasteiger partial charge on any atom is -0.444 e. The Morgan fingerprint density at radius 2 is 2.00 bits per heavy atom. The number of rotatable bonds is 4. The lowest BCUT2D eigenvalue weighted by Gasteiger charge is -2.40. The monoisotopic (exact) mass is 298 g/mol. The molecule has 0 aromatic heterocycles. The molecule has 0 bridgehead atoms. The molecule has 0 spiro atoms. The highest BCUT2D eigenvalue weighted by Crippen LogP contribution is 2.38. The summed E-state index contributed by atoms with van der Waals surface area (Å²) >= 11 is 0. The predicted octanol–water partition coefficient (Wildman–Crippen LogP) is 3.70. The largest absolute Gasteiger partial charge is 0.444 e. The second-order valence-corrected chi connectivity index (χ2v) is 8.45. The summed E-state index contributed by atoms with van der Waals surface area (Å²) in [6, 6.07) is 0.628. The van der Waals surface area contributed by atoms with Crippen LogP contribution in [0.4, 0.5) is 4.79 Å². The highest BCUT2D eigenvalue weighted by molar-refractivity contribution is 5.68. The fourth-order valence-electron chi connectivity index (χ4n) is 3.14. The van der Waals surface area contributed by atoms with Gasteiger partial charge in [0.15, 0.2) is 0 Å². The Hall–Kier alpha value is -0.770. The Kier molecular flexibility index (Phi) is 6.09. The summed E-state index contributed by atoms with van der Waals surface area (Å²) in [5.74, 6) is 0.683. The van der Waals surface area contributed by atoms with Crippen molar-refractivity contribution < 1.29 is 9.53 Å². The quantitative estimate of drug-likeness (QED) is 0.832. The van der Waals surface area contributed by atoms with Gasteiger partial charge in [0.05, 0.1) is 0 Å². The van der Waals surface area contributed by atoms with E-state index >= 15 is 0 Å². The van der Waals surface area contributed by atoms with E-state index in [0.717, 1.165) is 6.54 Å². The van der Waals surface area contributed by atoms with Gasteiger partial charge in [-0.2, -0.15) is 0 Å². The van der Waals surface area contributed by atoms with Crippen LogP contribution in [0.25, 0.3) is 0 Å². The summed E-state index contributed by atoms with van der Waals surface area (Å²) in [6.07, 6.45) is 3.41. The number of carbonyl (C=O) groups is 1. The van der Waals surface area contributed by atoms with Crippen molar-refractivity contribution in [2.45, 2.75) is 85.4 Å². The van der Waals surface area contributed by atoms with Gasteiger partial charge < -0.3 is 15.4 Å². The van der Waals surface area contributed by atoms with Crippen LogP contribution in [0, 0.1) is 11.3 Å². The summed E-state index contributed by atoms with van der Waals surface area (Å²) < 4.78 is 5.27. The SMILES string of the molecule is CC(CNC1CCC(C)(C)CC1C)NC(=O)OC(C)(C)C. The van der Waals surface area contributed by atoms with E-state index in [2.05, 4.69) is 31.4 Å². The second-order valence-electron chi connectivity index (χ2n) is 8.45.